The lowest BCUT2D eigenvalue weighted by Crippen LogP contribution is -2.40. The first kappa shape index (κ1) is 13.5. The van der Waals surface area contributed by atoms with E-state index < -0.39 is 0 Å². The smallest absolute Gasteiger partial charge is 0.182 e. The zero-order chi connectivity index (χ0) is 12.9. The predicted octanol–water partition coefficient (Wildman–Crippen LogP) is 2.21. The van der Waals surface area contributed by atoms with E-state index in [2.05, 4.69) is 42.9 Å². The Bertz CT molecular complexity index is 410. The lowest BCUT2D eigenvalue weighted by Gasteiger charge is -2.22. The number of rotatable bonds is 4. The number of allylic oxidation sites excluding steroid dienone is 2. The second-order valence-corrected chi connectivity index (χ2v) is 4.97. The fraction of sp³-hybridized carbons (Fsp3) is 0.308. The molecule has 0 saturated carbocycles. The highest BCUT2D eigenvalue weighted by atomic mass is 32.1. The van der Waals surface area contributed by atoms with E-state index in [0.29, 0.717) is 0 Å². The summed E-state index contributed by atoms with van der Waals surface area (Å²) in [5.41, 5.74) is 13.2. The molecule has 0 saturated heterocycles. The van der Waals surface area contributed by atoms with Crippen LogP contribution in [0.2, 0.25) is 0 Å². The molecule has 0 heterocycles. The van der Waals surface area contributed by atoms with Gasteiger partial charge in [0.25, 0.3) is 0 Å². The van der Waals surface area contributed by atoms with Gasteiger partial charge in [-0.1, -0.05) is 50.3 Å². The van der Waals surface area contributed by atoms with E-state index in [1.54, 1.807) is 0 Å². The van der Waals surface area contributed by atoms with Crippen molar-refractivity contribution in [3.63, 3.8) is 0 Å². The van der Waals surface area contributed by atoms with Gasteiger partial charge in [0.15, 0.2) is 5.11 Å². The van der Waals surface area contributed by atoms with Crippen LogP contribution in [0.1, 0.15) is 26.3 Å². The minimum Gasteiger partial charge on any atom is -0.375 e. The highest BCUT2D eigenvalue weighted by Gasteiger charge is 2.17. The van der Waals surface area contributed by atoms with E-state index >= 15 is 0 Å². The molecule has 0 atom stereocenters. The lowest BCUT2D eigenvalue weighted by molar-refractivity contribution is 0.645. The molecule has 4 heteroatoms. The average molecular weight is 249 g/mol. The van der Waals surface area contributed by atoms with Crippen LogP contribution in [0.15, 0.2) is 42.1 Å². The molecule has 92 valence electrons. The molecule has 3 nitrogen and oxygen atoms in total. The second kappa shape index (κ2) is 5.68. The van der Waals surface area contributed by atoms with Gasteiger partial charge in [0.1, 0.15) is 0 Å². The van der Waals surface area contributed by atoms with Gasteiger partial charge in [0, 0.05) is 11.1 Å². The van der Waals surface area contributed by atoms with Crippen molar-refractivity contribution in [3.05, 3.63) is 47.7 Å². The Morgan fingerprint density at radius 2 is 1.82 bits per heavy atom. The third-order valence-corrected chi connectivity index (χ3v) is 2.58. The maximum Gasteiger partial charge on any atom is 0.182 e. The molecule has 1 rings (SSSR count). The number of hydrogen-bond donors (Lipinski definition) is 3. The van der Waals surface area contributed by atoms with Gasteiger partial charge in [-0.3, -0.25) is 5.43 Å². The van der Waals surface area contributed by atoms with E-state index in [1.165, 1.54) is 5.56 Å². The number of thiocarbonyl (C=S) groups is 1. The number of hydrazine groups is 1. The topological polar surface area (TPSA) is 50.1 Å². The second-order valence-electron chi connectivity index (χ2n) is 4.53. The molecule has 0 amide bonds. The molecule has 1 aromatic rings. The standard InChI is InChI=1S/C13H19N3S/c1-10(15-16-12(14)17)9-13(2,3)11-7-5-4-6-8-11/h4-9,15H,1-3H3,(H3,14,16,17)/b10-9-. The third-order valence-electron chi connectivity index (χ3n) is 2.48. The summed E-state index contributed by atoms with van der Waals surface area (Å²) in [6.45, 7) is 6.29. The first-order valence-electron chi connectivity index (χ1n) is 5.48. The van der Waals surface area contributed by atoms with Gasteiger partial charge in [-0.15, -0.1) is 0 Å². The highest BCUT2D eigenvalue weighted by molar-refractivity contribution is 7.80. The van der Waals surface area contributed by atoms with Gasteiger partial charge >= 0.3 is 0 Å². The Kier molecular flexibility index (Phi) is 4.52. The quantitative estimate of drug-likeness (QED) is 0.565. The van der Waals surface area contributed by atoms with Crippen LogP contribution in [-0.2, 0) is 5.41 Å². The van der Waals surface area contributed by atoms with Crippen molar-refractivity contribution >= 4 is 17.3 Å². The monoisotopic (exact) mass is 249 g/mol. The van der Waals surface area contributed by atoms with Crippen LogP contribution in [0.25, 0.3) is 0 Å². The summed E-state index contributed by atoms with van der Waals surface area (Å²) in [4.78, 5) is 0. The average Bonchev–Trinajstić information content (AvgIpc) is 2.27. The van der Waals surface area contributed by atoms with Crippen LogP contribution in [-0.4, -0.2) is 5.11 Å². The summed E-state index contributed by atoms with van der Waals surface area (Å²) in [6.07, 6.45) is 2.13. The molecule has 0 fully saturated rings. The fourth-order valence-corrected chi connectivity index (χ4v) is 1.74. The van der Waals surface area contributed by atoms with Crippen molar-refractivity contribution in [2.45, 2.75) is 26.2 Å². The summed E-state index contributed by atoms with van der Waals surface area (Å²) in [6, 6.07) is 10.3. The Labute approximate surface area is 108 Å². The summed E-state index contributed by atoms with van der Waals surface area (Å²) in [7, 11) is 0. The zero-order valence-corrected chi connectivity index (χ0v) is 11.3. The number of nitrogens with one attached hydrogen (secondary N) is 2. The zero-order valence-electron chi connectivity index (χ0n) is 10.4. The lowest BCUT2D eigenvalue weighted by atomic mass is 9.84. The molecule has 0 unspecified atom stereocenters. The number of hydrogen-bond acceptors (Lipinski definition) is 2. The van der Waals surface area contributed by atoms with Crippen molar-refractivity contribution in [1.82, 2.24) is 10.9 Å². The fourth-order valence-electron chi connectivity index (χ4n) is 1.69. The van der Waals surface area contributed by atoms with E-state index in [1.807, 2.05) is 25.1 Å². The van der Waals surface area contributed by atoms with Crippen molar-refractivity contribution in [2.24, 2.45) is 5.73 Å². The number of benzene rings is 1. The molecule has 1 aromatic carbocycles. The Morgan fingerprint density at radius 1 is 1.24 bits per heavy atom. The minimum absolute atomic E-state index is 0.0454. The highest BCUT2D eigenvalue weighted by Crippen LogP contribution is 2.25. The van der Waals surface area contributed by atoms with E-state index in [4.69, 9.17) is 18.0 Å². The molecule has 0 aliphatic carbocycles. The van der Waals surface area contributed by atoms with Crippen LogP contribution in [0.4, 0.5) is 0 Å². The van der Waals surface area contributed by atoms with Gasteiger partial charge in [-0.05, 0) is 24.7 Å². The van der Waals surface area contributed by atoms with Crippen LogP contribution in [0.3, 0.4) is 0 Å². The molecule has 0 aliphatic heterocycles. The maximum atomic E-state index is 5.35. The molecular weight excluding hydrogens is 230 g/mol. The van der Waals surface area contributed by atoms with Gasteiger partial charge < -0.3 is 11.2 Å². The molecule has 0 aliphatic rings. The van der Waals surface area contributed by atoms with E-state index in [0.717, 1.165) is 5.70 Å². The molecule has 0 bridgehead atoms. The Morgan fingerprint density at radius 3 is 2.35 bits per heavy atom. The first-order valence-corrected chi connectivity index (χ1v) is 5.89. The molecule has 17 heavy (non-hydrogen) atoms. The van der Waals surface area contributed by atoms with Gasteiger partial charge in [-0.25, -0.2) is 0 Å². The van der Waals surface area contributed by atoms with Crippen LogP contribution >= 0.6 is 12.2 Å². The minimum atomic E-state index is -0.0454. The van der Waals surface area contributed by atoms with Gasteiger partial charge in [0.2, 0.25) is 0 Å². The summed E-state index contributed by atoms with van der Waals surface area (Å²) in [5, 5.41) is 0.232. The van der Waals surface area contributed by atoms with Gasteiger partial charge in [-0.2, -0.15) is 0 Å². The first-order chi connectivity index (χ1) is 7.92. The Balaban J connectivity index is 2.78. The number of nitrogens with two attached hydrogens (primary N) is 1. The van der Waals surface area contributed by atoms with Crippen LogP contribution in [0, 0.1) is 0 Å². The summed E-state index contributed by atoms with van der Waals surface area (Å²) >= 11 is 4.73. The largest absolute Gasteiger partial charge is 0.375 e. The predicted molar refractivity (Wildman–Crippen MR) is 76.3 cm³/mol. The van der Waals surface area contributed by atoms with E-state index in [-0.39, 0.29) is 10.5 Å². The van der Waals surface area contributed by atoms with E-state index in [9.17, 15) is 0 Å². The molecule has 4 N–H and O–H groups in total. The molecule has 0 spiro atoms. The van der Waals surface area contributed by atoms with Crippen LogP contribution < -0.4 is 16.6 Å². The molecule has 0 aromatic heterocycles. The van der Waals surface area contributed by atoms with Crippen LogP contribution in [0.5, 0.6) is 0 Å². The third kappa shape index (κ3) is 4.44. The SMILES string of the molecule is C/C(=C/C(C)(C)c1ccccc1)NNC(N)=S. The maximum absolute atomic E-state index is 5.35. The van der Waals surface area contributed by atoms with Gasteiger partial charge in [0.05, 0.1) is 0 Å². The summed E-state index contributed by atoms with van der Waals surface area (Å²) in [5.74, 6) is 0. The van der Waals surface area contributed by atoms with Crippen molar-refractivity contribution < 1.29 is 0 Å². The molecular formula is C13H19N3S. The van der Waals surface area contributed by atoms with Crippen molar-refractivity contribution in [3.8, 4) is 0 Å². The molecule has 0 radical (unpaired) electrons. The Hall–Kier alpha value is -1.55. The van der Waals surface area contributed by atoms with Crippen molar-refractivity contribution in [1.29, 1.82) is 0 Å². The summed E-state index contributed by atoms with van der Waals surface area (Å²) < 4.78 is 0. The van der Waals surface area contributed by atoms with Crippen molar-refractivity contribution in [2.75, 3.05) is 0 Å². The normalized spacial score (nSPS) is 12.1.